The van der Waals surface area contributed by atoms with Gasteiger partial charge in [0.25, 0.3) is 0 Å². The Labute approximate surface area is 92.0 Å². The molecule has 0 radical (unpaired) electrons. The van der Waals surface area contributed by atoms with Gasteiger partial charge in [-0.3, -0.25) is 0 Å². The third-order valence-electron chi connectivity index (χ3n) is 2.74. The highest BCUT2D eigenvalue weighted by Crippen LogP contribution is 2.12. The van der Waals surface area contributed by atoms with Gasteiger partial charge in [0.05, 0.1) is 0 Å². The van der Waals surface area contributed by atoms with Crippen molar-refractivity contribution in [1.29, 1.82) is 5.41 Å². The van der Waals surface area contributed by atoms with E-state index < -0.39 is 0 Å². The van der Waals surface area contributed by atoms with Crippen LogP contribution in [0.3, 0.4) is 0 Å². The first-order chi connectivity index (χ1) is 7.04. The number of hydrogen-bond donors (Lipinski definition) is 3. The van der Waals surface area contributed by atoms with Crippen LogP contribution < -0.4 is 11.1 Å². The molecule has 4 heteroatoms. The molecule has 1 rings (SSSR count). The summed E-state index contributed by atoms with van der Waals surface area (Å²) in [6.07, 6.45) is 2.94. The highest BCUT2D eigenvalue weighted by Gasteiger charge is 2.20. The van der Waals surface area contributed by atoms with Gasteiger partial charge < -0.3 is 21.4 Å². The van der Waals surface area contributed by atoms with Gasteiger partial charge in [-0.2, -0.15) is 0 Å². The highest BCUT2D eigenvalue weighted by molar-refractivity contribution is 5.94. The van der Waals surface area contributed by atoms with Crippen molar-refractivity contribution in [1.82, 2.24) is 10.2 Å². The Morgan fingerprint density at radius 2 is 2.27 bits per heavy atom. The Bertz CT molecular complexity index is 257. The molecule has 1 fully saturated rings. The Morgan fingerprint density at radius 1 is 1.60 bits per heavy atom. The first-order valence-electron chi connectivity index (χ1n) is 5.53. The SMILES string of the molecule is CN/C(=C\C(=N)C(C)C)N1CC[C@H](N)C1. The van der Waals surface area contributed by atoms with Crippen LogP contribution in [0.2, 0.25) is 0 Å². The Hall–Kier alpha value is -1.03. The molecule has 1 saturated heterocycles. The number of nitrogens with zero attached hydrogens (tertiary/aromatic N) is 1. The lowest BCUT2D eigenvalue weighted by atomic mass is 10.1. The molecule has 0 aromatic rings. The minimum atomic E-state index is 0.268. The van der Waals surface area contributed by atoms with Crippen molar-refractivity contribution in [3.8, 4) is 0 Å². The molecule has 1 heterocycles. The highest BCUT2D eigenvalue weighted by atomic mass is 15.3. The van der Waals surface area contributed by atoms with Crippen molar-refractivity contribution >= 4 is 5.71 Å². The summed E-state index contributed by atoms with van der Waals surface area (Å²) in [7, 11) is 1.89. The van der Waals surface area contributed by atoms with Crippen molar-refractivity contribution in [3.63, 3.8) is 0 Å². The minimum Gasteiger partial charge on any atom is -0.375 e. The fraction of sp³-hybridized carbons (Fsp3) is 0.727. The molecule has 1 atom stereocenters. The van der Waals surface area contributed by atoms with E-state index in [4.69, 9.17) is 11.1 Å². The van der Waals surface area contributed by atoms with Crippen LogP contribution >= 0.6 is 0 Å². The molecule has 0 unspecified atom stereocenters. The molecular weight excluding hydrogens is 188 g/mol. The zero-order valence-electron chi connectivity index (χ0n) is 9.88. The third-order valence-corrected chi connectivity index (χ3v) is 2.74. The predicted molar refractivity (Wildman–Crippen MR) is 63.9 cm³/mol. The van der Waals surface area contributed by atoms with E-state index in [9.17, 15) is 0 Å². The molecule has 0 saturated carbocycles. The van der Waals surface area contributed by atoms with Crippen LogP contribution in [0.1, 0.15) is 20.3 Å². The second kappa shape index (κ2) is 5.16. The summed E-state index contributed by atoms with van der Waals surface area (Å²) in [5.41, 5.74) is 6.51. The molecule has 0 aliphatic carbocycles. The summed E-state index contributed by atoms with van der Waals surface area (Å²) in [5.74, 6) is 1.28. The van der Waals surface area contributed by atoms with Crippen LogP contribution in [-0.2, 0) is 0 Å². The van der Waals surface area contributed by atoms with Crippen LogP contribution in [0.4, 0.5) is 0 Å². The first-order valence-corrected chi connectivity index (χ1v) is 5.53. The molecule has 0 bridgehead atoms. The molecule has 4 nitrogen and oxygen atoms in total. The van der Waals surface area contributed by atoms with E-state index >= 15 is 0 Å². The maximum Gasteiger partial charge on any atom is 0.103 e. The zero-order valence-corrected chi connectivity index (χ0v) is 9.88. The summed E-state index contributed by atoms with van der Waals surface area (Å²) in [6, 6.07) is 0.273. The van der Waals surface area contributed by atoms with Crippen molar-refractivity contribution in [2.75, 3.05) is 20.1 Å². The molecule has 0 aromatic carbocycles. The lowest BCUT2D eigenvalue weighted by Crippen LogP contribution is -2.31. The average molecular weight is 210 g/mol. The number of allylic oxidation sites excluding steroid dienone is 1. The van der Waals surface area contributed by atoms with Crippen LogP contribution in [0, 0.1) is 11.3 Å². The van der Waals surface area contributed by atoms with E-state index in [0.29, 0.717) is 5.71 Å². The Morgan fingerprint density at radius 3 is 2.67 bits per heavy atom. The largest absolute Gasteiger partial charge is 0.375 e. The fourth-order valence-corrected chi connectivity index (χ4v) is 1.64. The molecule has 0 aromatic heterocycles. The quantitative estimate of drug-likeness (QED) is 0.600. The number of hydrogen-bond acceptors (Lipinski definition) is 4. The molecule has 0 spiro atoms. The summed E-state index contributed by atoms with van der Waals surface area (Å²) < 4.78 is 0. The Kier molecular flexibility index (Phi) is 4.15. The smallest absolute Gasteiger partial charge is 0.103 e. The van der Waals surface area contributed by atoms with Gasteiger partial charge in [-0.1, -0.05) is 13.8 Å². The summed E-state index contributed by atoms with van der Waals surface area (Å²) in [6.45, 7) is 5.93. The fourth-order valence-electron chi connectivity index (χ4n) is 1.64. The van der Waals surface area contributed by atoms with E-state index in [1.165, 1.54) is 0 Å². The lowest BCUT2D eigenvalue weighted by molar-refractivity contribution is 0.394. The number of nitrogens with one attached hydrogen (secondary N) is 2. The van der Waals surface area contributed by atoms with Gasteiger partial charge in [0, 0.05) is 31.9 Å². The molecule has 1 aliphatic heterocycles. The van der Waals surface area contributed by atoms with Gasteiger partial charge in [0.2, 0.25) is 0 Å². The predicted octanol–water partition coefficient (Wildman–Crippen LogP) is 0.756. The summed E-state index contributed by atoms with van der Waals surface area (Å²) >= 11 is 0. The number of rotatable bonds is 4. The van der Waals surface area contributed by atoms with E-state index in [1.54, 1.807) is 0 Å². The topological polar surface area (TPSA) is 65.1 Å². The lowest BCUT2D eigenvalue weighted by Gasteiger charge is -2.22. The van der Waals surface area contributed by atoms with E-state index in [0.717, 1.165) is 25.3 Å². The second-order valence-corrected chi connectivity index (χ2v) is 4.38. The van der Waals surface area contributed by atoms with Crippen molar-refractivity contribution in [2.24, 2.45) is 11.7 Å². The molecule has 15 heavy (non-hydrogen) atoms. The van der Waals surface area contributed by atoms with Crippen LogP contribution in [0.5, 0.6) is 0 Å². The van der Waals surface area contributed by atoms with E-state index in [2.05, 4.69) is 10.2 Å². The number of nitrogens with two attached hydrogens (primary N) is 1. The van der Waals surface area contributed by atoms with Gasteiger partial charge in [-0.25, -0.2) is 0 Å². The van der Waals surface area contributed by atoms with E-state index in [-0.39, 0.29) is 12.0 Å². The average Bonchev–Trinajstić information content (AvgIpc) is 2.60. The van der Waals surface area contributed by atoms with Crippen LogP contribution in [0.15, 0.2) is 11.9 Å². The normalized spacial score (nSPS) is 22.3. The Balaban J connectivity index is 2.66. The number of likely N-dealkylation sites (tertiary alicyclic amines) is 1. The van der Waals surface area contributed by atoms with Gasteiger partial charge in [0.15, 0.2) is 0 Å². The monoisotopic (exact) mass is 210 g/mol. The zero-order chi connectivity index (χ0) is 11.4. The van der Waals surface area contributed by atoms with Crippen molar-refractivity contribution < 1.29 is 0 Å². The van der Waals surface area contributed by atoms with Gasteiger partial charge in [-0.05, 0) is 18.4 Å². The van der Waals surface area contributed by atoms with Gasteiger partial charge in [0.1, 0.15) is 5.82 Å². The third kappa shape index (κ3) is 3.23. The molecule has 0 amide bonds. The summed E-state index contributed by atoms with van der Waals surface area (Å²) in [4.78, 5) is 2.21. The maximum absolute atomic E-state index is 7.82. The standard InChI is InChI=1S/C11H22N4/c1-8(2)10(13)6-11(14-3)15-5-4-9(12)7-15/h6,8-9,13-14H,4-5,7,12H2,1-3H3/b11-6+,13-10?/t9-/m0/s1. The van der Waals surface area contributed by atoms with Crippen LogP contribution in [-0.4, -0.2) is 36.8 Å². The summed E-state index contributed by atoms with van der Waals surface area (Å²) in [5, 5.41) is 11.0. The van der Waals surface area contributed by atoms with Gasteiger partial charge in [-0.15, -0.1) is 0 Å². The maximum atomic E-state index is 7.82. The molecule has 4 N–H and O–H groups in total. The minimum absolute atomic E-state index is 0.268. The van der Waals surface area contributed by atoms with Gasteiger partial charge >= 0.3 is 0 Å². The first kappa shape index (κ1) is 12.0. The van der Waals surface area contributed by atoms with E-state index in [1.807, 2.05) is 27.0 Å². The molecule has 1 aliphatic rings. The van der Waals surface area contributed by atoms with Crippen molar-refractivity contribution in [2.45, 2.75) is 26.3 Å². The molecular formula is C11H22N4. The second-order valence-electron chi connectivity index (χ2n) is 4.38. The molecule has 86 valence electrons. The van der Waals surface area contributed by atoms with Crippen LogP contribution in [0.25, 0.3) is 0 Å². The van der Waals surface area contributed by atoms with Crippen molar-refractivity contribution in [3.05, 3.63) is 11.9 Å².